The topological polar surface area (TPSA) is 88.9 Å². The van der Waals surface area contributed by atoms with E-state index in [9.17, 15) is 8.42 Å². The van der Waals surface area contributed by atoms with Crippen molar-refractivity contribution in [2.45, 2.75) is 4.90 Å². The number of anilines is 1. The van der Waals surface area contributed by atoms with E-state index in [4.69, 9.17) is 23.2 Å². The molecule has 0 fully saturated rings. The molecule has 2 N–H and O–H groups in total. The second-order valence-corrected chi connectivity index (χ2v) is 7.85. The van der Waals surface area contributed by atoms with Gasteiger partial charge in [0.1, 0.15) is 10.7 Å². The number of aromatic nitrogens is 3. The van der Waals surface area contributed by atoms with Gasteiger partial charge in [0.25, 0.3) is 0 Å². The molecular weight excluding hydrogens is 397 g/mol. The Morgan fingerprint density at radius 1 is 1.00 bits per heavy atom. The van der Waals surface area contributed by atoms with Gasteiger partial charge in [0, 0.05) is 30.5 Å². The molecule has 3 rings (SSSR count). The number of halogens is 2. The molecule has 0 unspecified atom stereocenters. The summed E-state index contributed by atoms with van der Waals surface area (Å²) in [4.78, 5) is -0.0532. The highest BCUT2D eigenvalue weighted by Gasteiger charge is 2.17. The van der Waals surface area contributed by atoms with Gasteiger partial charge in [0.15, 0.2) is 5.82 Å². The molecule has 0 aliphatic heterocycles. The van der Waals surface area contributed by atoms with Gasteiger partial charge in [-0.3, -0.25) is 0 Å². The fraction of sp³-hybridized carbons (Fsp3) is 0.125. The Bertz CT molecular complexity index is 976. The lowest BCUT2D eigenvalue weighted by molar-refractivity contribution is 0.583. The second-order valence-electron chi connectivity index (χ2n) is 5.27. The summed E-state index contributed by atoms with van der Waals surface area (Å²) in [7, 11) is -3.75. The molecule has 1 aromatic carbocycles. The Morgan fingerprint density at radius 3 is 2.46 bits per heavy atom. The van der Waals surface area contributed by atoms with E-state index < -0.39 is 10.0 Å². The maximum Gasteiger partial charge on any atom is 0.242 e. The molecule has 2 heterocycles. The van der Waals surface area contributed by atoms with Crippen molar-refractivity contribution < 1.29 is 8.42 Å². The highest BCUT2D eigenvalue weighted by Crippen LogP contribution is 2.24. The predicted octanol–water partition coefficient (Wildman–Crippen LogP) is 2.96. The van der Waals surface area contributed by atoms with Gasteiger partial charge < -0.3 is 9.88 Å². The zero-order chi connectivity index (χ0) is 18.6. The van der Waals surface area contributed by atoms with Crippen molar-refractivity contribution in [3.63, 3.8) is 0 Å². The number of benzene rings is 1. The zero-order valence-electron chi connectivity index (χ0n) is 13.4. The SMILES string of the molecule is O=S(=O)(NCCNc1ccc(-n2cccc2)nn1)c1cc(Cl)ccc1Cl. The van der Waals surface area contributed by atoms with Gasteiger partial charge in [-0.05, 0) is 42.5 Å². The van der Waals surface area contributed by atoms with Gasteiger partial charge in [-0.15, -0.1) is 10.2 Å². The van der Waals surface area contributed by atoms with Crippen molar-refractivity contribution in [1.29, 1.82) is 0 Å². The first kappa shape index (κ1) is 18.7. The Labute approximate surface area is 161 Å². The molecule has 0 amide bonds. The highest BCUT2D eigenvalue weighted by atomic mass is 35.5. The third kappa shape index (κ3) is 4.53. The van der Waals surface area contributed by atoms with E-state index in [-0.39, 0.29) is 16.5 Å². The maximum atomic E-state index is 12.3. The lowest BCUT2D eigenvalue weighted by atomic mass is 10.4. The minimum absolute atomic E-state index is 0.0532. The van der Waals surface area contributed by atoms with E-state index in [1.807, 2.05) is 35.2 Å². The van der Waals surface area contributed by atoms with Crippen LogP contribution in [0.1, 0.15) is 0 Å². The summed E-state index contributed by atoms with van der Waals surface area (Å²) in [6.45, 7) is 0.473. The summed E-state index contributed by atoms with van der Waals surface area (Å²) in [6.07, 6.45) is 3.74. The first-order chi connectivity index (χ1) is 12.5. The average molecular weight is 412 g/mol. The van der Waals surface area contributed by atoms with Crippen LogP contribution in [0, 0.1) is 0 Å². The van der Waals surface area contributed by atoms with E-state index in [1.165, 1.54) is 18.2 Å². The van der Waals surface area contributed by atoms with E-state index in [0.717, 1.165) is 0 Å². The summed E-state index contributed by atoms with van der Waals surface area (Å²) in [5.74, 6) is 1.23. The summed E-state index contributed by atoms with van der Waals surface area (Å²) in [5.41, 5.74) is 0. The monoisotopic (exact) mass is 411 g/mol. The third-order valence-electron chi connectivity index (χ3n) is 3.43. The number of sulfonamides is 1. The van der Waals surface area contributed by atoms with E-state index in [0.29, 0.717) is 23.2 Å². The zero-order valence-corrected chi connectivity index (χ0v) is 15.8. The van der Waals surface area contributed by atoms with Crippen molar-refractivity contribution in [2.24, 2.45) is 0 Å². The van der Waals surface area contributed by atoms with Crippen LogP contribution in [0.3, 0.4) is 0 Å². The minimum atomic E-state index is -3.75. The van der Waals surface area contributed by atoms with Gasteiger partial charge in [-0.2, -0.15) is 0 Å². The molecule has 0 aliphatic rings. The first-order valence-electron chi connectivity index (χ1n) is 7.61. The lowest BCUT2D eigenvalue weighted by Gasteiger charge is -2.10. The standard InChI is InChI=1S/C16H15Cl2N5O2S/c17-12-3-4-13(18)14(11-12)26(24,25)20-8-7-19-15-5-6-16(22-21-15)23-9-1-2-10-23/h1-6,9-11,20H,7-8H2,(H,19,21). The molecule has 0 saturated heterocycles. The summed E-state index contributed by atoms with van der Waals surface area (Å²) in [5, 5.41) is 11.6. The number of nitrogens with one attached hydrogen (secondary N) is 2. The summed E-state index contributed by atoms with van der Waals surface area (Å²) < 4.78 is 28.9. The molecule has 0 saturated carbocycles. The molecule has 0 radical (unpaired) electrons. The van der Waals surface area contributed by atoms with Crippen LogP contribution in [-0.2, 0) is 10.0 Å². The smallest absolute Gasteiger partial charge is 0.242 e. The van der Waals surface area contributed by atoms with E-state index in [1.54, 1.807) is 6.07 Å². The largest absolute Gasteiger partial charge is 0.367 e. The van der Waals surface area contributed by atoms with Gasteiger partial charge >= 0.3 is 0 Å². The van der Waals surface area contributed by atoms with E-state index in [2.05, 4.69) is 20.2 Å². The number of hydrogen-bond donors (Lipinski definition) is 2. The van der Waals surface area contributed by atoms with E-state index >= 15 is 0 Å². The van der Waals surface area contributed by atoms with Crippen LogP contribution in [0.4, 0.5) is 5.82 Å². The predicted molar refractivity (Wildman–Crippen MR) is 101 cm³/mol. The molecule has 0 spiro atoms. The molecule has 3 aromatic rings. The molecule has 10 heteroatoms. The van der Waals surface area contributed by atoms with Gasteiger partial charge in [0.2, 0.25) is 10.0 Å². The van der Waals surface area contributed by atoms with Crippen LogP contribution in [0.5, 0.6) is 0 Å². The van der Waals surface area contributed by atoms with Crippen molar-refractivity contribution in [3.8, 4) is 5.82 Å². The summed E-state index contributed by atoms with van der Waals surface area (Å²) >= 11 is 11.8. The van der Waals surface area contributed by atoms with Crippen molar-refractivity contribution in [3.05, 3.63) is 64.9 Å². The molecule has 2 aromatic heterocycles. The Kier molecular flexibility index (Phi) is 5.77. The summed E-state index contributed by atoms with van der Waals surface area (Å²) in [6, 6.07) is 11.7. The Hall–Kier alpha value is -2.13. The van der Waals surface area contributed by atoms with Crippen LogP contribution < -0.4 is 10.0 Å². The van der Waals surface area contributed by atoms with Crippen molar-refractivity contribution >= 4 is 39.0 Å². The van der Waals surface area contributed by atoms with Gasteiger partial charge in [-0.25, -0.2) is 13.1 Å². The molecule has 26 heavy (non-hydrogen) atoms. The Balaban J connectivity index is 1.54. The lowest BCUT2D eigenvalue weighted by Crippen LogP contribution is -2.29. The fourth-order valence-electron chi connectivity index (χ4n) is 2.18. The quantitative estimate of drug-likeness (QED) is 0.583. The molecule has 0 aliphatic carbocycles. The average Bonchev–Trinajstić information content (AvgIpc) is 3.16. The van der Waals surface area contributed by atoms with Crippen LogP contribution in [0.25, 0.3) is 5.82 Å². The van der Waals surface area contributed by atoms with Crippen LogP contribution in [0.2, 0.25) is 10.0 Å². The van der Waals surface area contributed by atoms with Crippen molar-refractivity contribution in [1.82, 2.24) is 19.5 Å². The van der Waals surface area contributed by atoms with Crippen LogP contribution >= 0.6 is 23.2 Å². The first-order valence-corrected chi connectivity index (χ1v) is 9.85. The molecular formula is C16H15Cl2N5O2S. The molecule has 0 bridgehead atoms. The number of nitrogens with zero attached hydrogens (tertiary/aromatic N) is 3. The highest BCUT2D eigenvalue weighted by molar-refractivity contribution is 7.89. The fourth-order valence-corrected chi connectivity index (χ4v) is 3.97. The second kappa shape index (κ2) is 8.05. The molecule has 0 atom stereocenters. The third-order valence-corrected chi connectivity index (χ3v) is 5.60. The molecule has 136 valence electrons. The number of rotatable bonds is 7. The maximum absolute atomic E-state index is 12.3. The normalized spacial score (nSPS) is 11.5. The molecule has 7 nitrogen and oxygen atoms in total. The van der Waals surface area contributed by atoms with Gasteiger partial charge in [0.05, 0.1) is 5.02 Å². The number of hydrogen-bond acceptors (Lipinski definition) is 5. The van der Waals surface area contributed by atoms with Crippen LogP contribution in [0.15, 0.2) is 59.8 Å². The van der Waals surface area contributed by atoms with Crippen molar-refractivity contribution in [2.75, 3.05) is 18.4 Å². The van der Waals surface area contributed by atoms with Crippen LogP contribution in [-0.4, -0.2) is 36.3 Å². The van der Waals surface area contributed by atoms with Gasteiger partial charge in [-0.1, -0.05) is 23.2 Å². The minimum Gasteiger partial charge on any atom is -0.367 e. The Morgan fingerprint density at radius 2 is 1.77 bits per heavy atom.